The molecule has 0 aliphatic carbocycles. The zero-order chi connectivity index (χ0) is 4.99. The van der Waals surface area contributed by atoms with Gasteiger partial charge in [0.1, 0.15) is 5.76 Å². The molecule has 0 saturated carbocycles. The summed E-state index contributed by atoms with van der Waals surface area (Å²) in [6, 6.07) is 0. The second-order valence-corrected chi connectivity index (χ2v) is 0.621. The van der Waals surface area contributed by atoms with Gasteiger partial charge in [0.15, 0.2) is 0 Å². The molecule has 0 heterocycles. The third kappa shape index (κ3) is 1.58. The first-order chi connectivity index (χ1) is 2.81. The van der Waals surface area contributed by atoms with Gasteiger partial charge >= 0.3 is 0 Å². The molecule has 3 heteroatoms. The van der Waals surface area contributed by atoms with E-state index < -0.39 is 5.76 Å². The SMILES string of the molecule is [O-]/C(=C\F)[CH+]F. The Morgan fingerprint density at radius 3 is 2.33 bits per heavy atom. The Balaban J connectivity index is 3.22. The Bertz CT molecular complexity index is 59.8. The van der Waals surface area contributed by atoms with Crippen molar-refractivity contribution in [1.82, 2.24) is 0 Å². The summed E-state index contributed by atoms with van der Waals surface area (Å²) in [6.07, 6.45) is -0.347. The van der Waals surface area contributed by atoms with Crippen molar-refractivity contribution < 1.29 is 13.9 Å². The Morgan fingerprint density at radius 1 is 1.83 bits per heavy atom. The summed E-state index contributed by atoms with van der Waals surface area (Å²) < 4.78 is 21.3. The van der Waals surface area contributed by atoms with Gasteiger partial charge in [-0.1, -0.05) is 8.78 Å². The Morgan fingerprint density at radius 2 is 2.33 bits per heavy atom. The van der Waals surface area contributed by atoms with Crippen molar-refractivity contribution in [3.8, 4) is 0 Å². The van der Waals surface area contributed by atoms with Gasteiger partial charge in [-0.15, -0.1) is 0 Å². The maximum Gasteiger partial charge on any atom is 0.220 e. The lowest BCUT2D eigenvalue weighted by molar-refractivity contribution is -0.303. The summed E-state index contributed by atoms with van der Waals surface area (Å²) >= 11 is 0. The first kappa shape index (κ1) is 5.27. The zero-order valence-electron chi connectivity index (χ0n) is 2.82. The monoisotopic (exact) mass is 92.0 g/mol. The second-order valence-electron chi connectivity index (χ2n) is 0.621. The summed E-state index contributed by atoms with van der Waals surface area (Å²) in [5.74, 6) is -1.24. The van der Waals surface area contributed by atoms with Crippen molar-refractivity contribution in [1.29, 1.82) is 0 Å². The van der Waals surface area contributed by atoms with Gasteiger partial charge < -0.3 is 5.11 Å². The minimum Gasteiger partial charge on any atom is -0.838 e. The van der Waals surface area contributed by atoms with E-state index in [2.05, 4.69) is 0 Å². The average molecular weight is 92.0 g/mol. The molecule has 0 aliphatic heterocycles. The Kier molecular flexibility index (Phi) is 2.20. The summed E-state index contributed by atoms with van der Waals surface area (Å²) in [4.78, 5) is 0. The Hall–Kier alpha value is -0.730. The van der Waals surface area contributed by atoms with Gasteiger partial charge in [-0.2, -0.15) is 0 Å². The lowest BCUT2D eigenvalue weighted by Crippen LogP contribution is -1.99. The fourth-order valence-corrected chi connectivity index (χ4v) is 0.0238. The molecule has 0 aliphatic rings. The number of rotatable bonds is 1. The van der Waals surface area contributed by atoms with Crippen LogP contribution < -0.4 is 5.11 Å². The predicted molar refractivity (Wildman–Crippen MR) is 14.6 cm³/mol. The van der Waals surface area contributed by atoms with E-state index in [4.69, 9.17) is 0 Å². The van der Waals surface area contributed by atoms with Crippen molar-refractivity contribution in [2.45, 2.75) is 0 Å². The van der Waals surface area contributed by atoms with Crippen LogP contribution in [0.3, 0.4) is 0 Å². The number of hydrogen-bond acceptors (Lipinski definition) is 1. The van der Waals surface area contributed by atoms with Crippen LogP contribution in [0.15, 0.2) is 12.1 Å². The number of halogens is 2. The van der Waals surface area contributed by atoms with Crippen LogP contribution in [-0.4, -0.2) is 0 Å². The van der Waals surface area contributed by atoms with Crippen molar-refractivity contribution >= 4 is 0 Å². The van der Waals surface area contributed by atoms with Crippen LogP contribution in [0.2, 0.25) is 0 Å². The molecular formula is C3H2F2O. The van der Waals surface area contributed by atoms with Crippen LogP contribution in [0.4, 0.5) is 8.78 Å². The largest absolute Gasteiger partial charge is 0.838 e. The molecule has 0 amide bonds. The third-order valence-corrected chi connectivity index (χ3v) is 0.215. The van der Waals surface area contributed by atoms with Crippen molar-refractivity contribution in [2.75, 3.05) is 0 Å². The van der Waals surface area contributed by atoms with Gasteiger partial charge in [0, 0.05) is 0 Å². The van der Waals surface area contributed by atoms with Crippen LogP contribution in [-0.2, 0) is 0 Å². The fraction of sp³-hybridized carbons (Fsp3) is 0. The van der Waals surface area contributed by atoms with E-state index in [0.717, 1.165) is 0 Å². The molecule has 0 rings (SSSR count). The van der Waals surface area contributed by atoms with Gasteiger partial charge in [0.05, 0.1) is 0 Å². The van der Waals surface area contributed by atoms with Crippen LogP contribution in [0.25, 0.3) is 0 Å². The van der Waals surface area contributed by atoms with Crippen molar-refractivity contribution in [3.05, 3.63) is 18.8 Å². The van der Waals surface area contributed by atoms with Crippen LogP contribution in [0.5, 0.6) is 0 Å². The van der Waals surface area contributed by atoms with Crippen LogP contribution in [0.1, 0.15) is 0 Å². The lowest BCUT2D eigenvalue weighted by Gasteiger charge is -1.85. The summed E-state index contributed by atoms with van der Waals surface area (Å²) in [7, 11) is 0. The molecular weight excluding hydrogens is 90.0 g/mol. The van der Waals surface area contributed by atoms with Crippen LogP contribution in [0, 0.1) is 6.67 Å². The van der Waals surface area contributed by atoms with E-state index in [1.54, 1.807) is 0 Å². The molecule has 0 bridgehead atoms. The van der Waals surface area contributed by atoms with Crippen molar-refractivity contribution in [3.63, 3.8) is 0 Å². The van der Waals surface area contributed by atoms with E-state index in [-0.39, 0.29) is 13.0 Å². The average Bonchev–Trinajstić information content (AvgIpc) is 1.65. The minimum absolute atomic E-state index is 0.347. The number of hydrogen-bond donors (Lipinski definition) is 0. The molecule has 34 valence electrons. The summed E-state index contributed by atoms with van der Waals surface area (Å²) in [6.45, 7) is -0.347. The molecule has 0 fully saturated rings. The van der Waals surface area contributed by atoms with Gasteiger partial charge in [0.2, 0.25) is 13.0 Å². The molecule has 0 spiro atoms. The first-order valence-corrected chi connectivity index (χ1v) is 1.22. The van der Waals surface area contributed by atoms with E-state index in [1.807, 2.05) is 0 Å². The van der Waals surface area contributed by atoms with Crippen molar-refractivity contribution in [2.24, 2.45) is 0 Å². The molecule has 1 nitrogen and oxygen atoms in total. The topological polar surface area (TPSA) is 23.1 Å². The molecule has 0 radical (unpaired) electrons. The van der Waals surface area contributed by atoms with Gasteiger partial charge in [-0.3, -0.25) is 0 Å². The fourth-order valence-electron chi connectivity index (χ4n) is 0.0238. The van der Waals surface area contributed by atoms with Gasteiger partial charge in [0.25, 0.3) is 0 Å². The highest BCUT2D eigenvalue weighted by atomic mass is 19.1. The highest BCUT2D eigenvalue weighted by molar-refractivity contribution is 4.89. The third-order valence-electron chi connectivity index (χ3n) is 0.215. The summed E-state index contributed by atoms with van der Waals surface area (Å²) in [5.41, 5.74) is 0. The van der Waals surface area contributed by atoms with Gasteiger partial charge in [-0.25, -0.2) is 0 Å². The van der Waals surface area contributed by atoms with Crippen LogP contribution >= 0.6 is 0 Å². The highest BCUT2D eigenvalue weighted by Gasteiger charge is 1.85. The predicted octanol–water partition coefficient (Wildman–Crippen LogP) is 0.289. The Labute approximate surface area is 33.9 Å². The second kappa shape index (κ2) is 2.50. The maximum absolute atomic E-state index is 10.6. The van der Waals surface area contributed by atoms with E-state index in [9.17, 15) is 13.9 Å². The smallest absolute Gasteiger partial charge is 0.220 e. The molecule has 6 heavy (non-hydrogen) atoms. The van der Waals surface area contributed by atoms with E-state index in [0.29, 0.717) is 0 Å². The maximum atomic E-state index is 10.6. The molecule has 0 aromatic rings. The normalized spacial score (nSPS) is 11.3. The summed E-state index contributed by atoms with van der Waals surface area (Å²) in [5, 5.41) is 9.32. The minimum atomic E-state index is -1.24. The highest BCUT2D eigenvalue weighted by Crippen LogP contribution is 1.88. The van der Waals surface area contributed by atoms with Gasteiger partial charge in [-0.05, 0) is 0 Å². The van der Waals surface area contributed by atoms with E-state index in [1.165, 1.54) is 0 Å². The lowest BCUT2D eigenvalue weighted by atomic mass is 10.6. The molecule has 0 aromatic heterocycles. The van der Waals surface area contributed by atoms with E-state index >= 15 is 0 Å². The molecule has 0 saturated heterocycles. The molecule has 0 N–H and O–H groups in total. The molecule has 0 atom stereocenters. The molecule has 0 aromatic carbocycles. The molecule has 0 unspecified atom stereocenters. The standard InChI is InChI=1S/C3H2F2O/c4-1-3(6)2-5/h1-2H/b3-1-. The zero-order valence-corrected chi connectivity index (χ0v) is 2.82. The quantitative estimate of drug-likeness (QED) is 0.336. The number of allylic oxidation sites excluding steroid dienone is 1. The first-order valence-electron chi connectivity index (χ1n) is 1.22.